The number of carbonyl (C=O) groups is 1. The highest BCUT2D eigenvalue weighted by Gasteiger charge is 2.16. The minimum Gasteiger partial charge on any atom is -0.486 e. The van der Waals surface area contributed by atoms with Crippen molar-refractivity contribution < 1.29 is 18.7 Å². The fraction of sp³-hybridized carbons (Fsp3) is 0.278. The van der Waals surface area contributed by atoms with Gasteiger partial charge in [-0.15, -0.1) is 0 Å². The second kappa shape index (κ2) is 7.53. The Kier molecular flexibility index (Phi) is 5.20. The first-order valence-electron chi connectivity index (χ1n) is 7.71. The van der Waals surface area contributed by atoms with E-state index < -0.39 is 0 Å². The number of carbonyl (C=O) groups excluding carboxylic acids is 1. The molecule has 0 unspecified atom stereocenters. The third kappa shape index (κ3) is 4.17. The minimum absolute atomic E-state index is 0.106. The van der Waals surface area contributed by atoms with Crippen LogP contribution in [0.15, 0.2) is 36.4 Å². The van der Waals surface area contributed by atoms with Crippen molar-refractivity contribution in [2.75, 3.05) is 13.2 Å². The fourth-order valence-corrected chi connectivity index (χ4v) is 2.79. The van der Waals surface area contributed by atoms with Crippen molar-refractivity contribution in [3.05, 3.63) is 58.4 Å². The van der Waals surface area contributed by atoms with E-state index in [4.69, 9.17) is 21.1 Å². The molecule has 1 N–H and O–H groups in total. The van der Waals surface area contributed by atoms with E-state index in [0.29, 0.717) is 49.1 Å². The second-order valence-corrected chi connectivity index (χ2v) is 5.92. The Hall–Kier alpha value is -2.27. The predicted molar refractivity (Wildman–Crippen MR) is 89.0 cm³/mol. The zero-order chi connectivity index (χ0) is 16.9. The largest absolute Gasteiger partial charge is 0.486 e. The van der Waals surface area contributed by atoms with Gasteiger partial charge in [0.1, 0.15) is 19.0 Å². The Balaban J connectivity index is 1.53. The van der Waals surface area contributed by atoms with Crippen molar-refractivity contribution >= 4 is 17.5 Å². The maximum Gasteiger partial charge on any atom is 0.220 e. The van der Waals surface area contributed by atoms with E-state index in [0.717, 1.165) is 11.1 Å². The number of hydrogen-bond donors (Lipinski definition) is 1. The van der Waals surface area contributed by atoms with E-state index >= 15 is 0 Å². The number of fused-ring (bicyclic) bond motifs is 1. The molecule has 0 atom stereocenters. The van der Waals surface area contributed by atoms with Gasteiger partial charge in [0.15, 0.2) is 11.5 Å². The van der Waals surface area contributed by atoms with Gasteiger partial charge < -0.3 is 14.8 Å². The molecule has 0 saturated heterocycles. The highest BCUT2D eigenvalue weighted by atomic mass is 35.5. The summed E-state index contributed by atoms with van der Waals surface area (Å²) >= 11 is 6.17. The average molecular weight is 350 g/mol. The Bertz CT molecular complexity index is 751. The number of aryl methyl sites for hydroxylation is 1. The number of benzene rings is 2. The molecule has 0 aliphatic carbocycles. The Morgan fingerprint density at radius 1 is 1.17 bits per heavy atom. The summed E-state index contributed by atoms with van der Waals surface area (Å²) in [6.45, 7) is 1.30. The molecule has 1 aliphatic heterocycles. The van der Waals surface area contributed by atoms with Crippen LogP contribution in [0.25, 0.3) is 0 Å². The molecule has 6 heteroatoms. The lowest BCUT2D eigenvalue weighted by Gasteiger charge is -2.20. The molecule has 1 amide bonds. The van der Waals surface area contributed by atoms with E-state index in [1.165, 1.54) is 12.1 Å². The molecule has 0 radical (unpaired) electrons. The molecule has 0 fully saturated rings. The van der Waals surface area contributed by atoms with E-state index in [2.05, 4.69) is 5.32 Å². The summed E-state index contributed by atoms with van der Waals surface area (Å²) in [7, 11) is 0. The minimum atomic E-state index is -0.293. The van der Waals surface area contributed by atoms with E-state index in [-0.39, 0.29) is 11.7 Å². The Morgan fingerprint density at radius 3 is 2.83 bits per heavy atom. The van der Waals surface area contributed by atoms with Gasteiger partial charge in [-0.25, -0.2) is 4.39 Å². The fourth-order valence-electron chi connectivity index (χ4n) is 2.51. The molecule has 0 saturated carbocycles. The third-order valence-corrected chi connectivity index (χ3v) is 3.96. The molecular weight excluding hydrogens is 333 g/mol. The van der Waals surface area contributed by atoms with Crippen LogP contribution in [-0.2, 0) is 17.8 Å². The van der Waals surface area contributed by atoms with E-state index in [9.17, 15) is 9.18 Å². The lowest BCUT2D eigenvalue weighted by atomic mass is 10.1. The molecular formula is C18H17ClFNO3. The lowest BCUT2D eigenvalue weighted by molar-refractivity contribution is -0.121. The first kappa shape index (κ1) is 16.6. The van der Waals surface area contributed by atoms with E-state index in [1.807, 2.05) is 6.07 Å². The number of ether oxygens (including phenoxy) is 2. The van der Waals surface area contributed by atoms with Gasteiger partial charge in [0.25, 0.3) is 0 Å². The van der Waals surface area contributed by atoms with Crippen molar-refractivity contribution in [3.63, 3.8) is 0 Å². The van der Waals surface area contributed by atoms with Crippen molar-refractivity contribution in [2.45, 2.75) is 19.4 Å². The number of nitrogens with one attached hydrogen (secondary N) is 1. The first-order chi connectivity index (χ1) is 11.6. The topological polar surface area (TPSA) is 47.6 Å². The number of halogens is 2. The van der Waals surface area contributed by atoms with Crippen molar-refractivity contribution in [2.24, 2.45) is 0 Å². The SMILES string of the molecule is O=C(CCc1cccc(F)c1)NCc1cc(Cl)c2c(c1)OCCO2. The Labute approximate surface area is 144 Å². The van der Waals surface area contributed by atoms with Crippen molar-refractivity contribution in [1.29, 1.82) is 0 Å². The van der Waals surface area contributed by atoms with Crippen molar-refractivity contribution in [3.8, 4) is 11.5 Å². The molecule has 4 nitrogen and oxygen atoms in total. The third-order valence-electron chi connectivity index (χ3n) is 3.68. The molecule has 2 aromatic carbocycles. The highest BCUT2D eigenvalue weighted by molar-refractivity contribution is 6.32. The smallest absolute Gasteiger partial charge is 0.220 e. The first-order valence-corrected chi connectivity index (χ1v) is 8.09. The van der Waals surface area contributed by atoms with Crippen molar-refractivity contribution in [1.82, 2.24) is 5.32 Å². The molecule has 0 aromatic heterocycles. The van der Waals surface area contributed by atoms with Crippen LogP contribution in [0, 0.1) is 5.82 Å². The average Bonchev–Trinajstić information content (AvgIpc) is 2.58. The molecule has 24 heavy (non-hydrogen) atoms. The molecule has 2 aromatic rings. The summed E-state index contributed by atoms with van der Waals surface area (Å²) in [6, 6.07) is 9.83. The van der Waals surface area contributed by atoms with Gasteiger partial charge in [-0.1, -0.05) is 23.7 Å². The summed E-state index contributed by atoms with van der Waals surface area (Å²) in [5, 5.41) is 3.30. The predicted octanol–water partition coefficient (Wildman–Crippen LogP) is 3.50. The van der Waals surface area contributed by atoms with Gasteiger partial charge in [-0.05, 0) is 41.8 Å². The lowest BCUT2D eigenvalue weighted by Crippen LogP contribution is -2.23. The molecule has 3 rings (SSSR count). The van der Waals surface area contributed by atoms with Crippen LogP contribution in [0.5, 0.6) is 11.5 Å². The molecule has 1 heterocycles. The van der Waals surface area contributed by atoms with Crippen LogP contribution in [0.4, 0.5) is 4.39 Å². The normalized spacial score (nSPS) is 12.8. The molecule has 0 spiro atoms. The second-order valence-electron chi connectivity index (χ2n) is 5.51. The van der Waals surface area contributed by atoms with Gasteiger partial charge in [0, 0.05) is 13.0 Å². The number of rotatable bonds is 5. The van der Waals surface area contributed by atoms with Gasteiger partial charge in [-0.2, -0.15) is 0 Å². The highest BCUT2D eigenvalue weighted by Crippen LogP contribution is 2.38. The zero-order valence-corrected chi connectivity index (χ0v) is 13.7. The zero-order valence-electron chi connectivity index (χ0n) is 13.0. The summed E-state index contributed by atoms with van der Waals surface area (Å²) in [5.41, 5.74) is 1.64. The summed E-state index contributed by atoms with van der Waals surface area (Å²) in [4.78, 5) is 12.0. The van der Waals surface area contributed by atoms with Gasteiger partial charge in [0.2, 0.25) is 5.91 Å². The maximum absolute atomic E-state index is 13.1. The summed E-state index contributed by atoms with van der Waals surface area (Å²) < 4.78 is 24.1. The maximum atomic E-state index is 13.1. The van der Waals surface area contributed by atoms with Crippen LogP contribution in [-0.4, -0.2) is 19.1 Å². The standard InChI is InChI=1S/C18H17ClFNO3/c19-15-9-13(10-16-18(15)24-7-6-23-16)11-21-17(22)5-4-12-2-1-3-14(20)8-12/h1-3,8-10H,4-7,11H2,(H,21,22). The molecule has 1 aliphatic rings. The van der Waals surface area contributed by atoms with Gasteiger partial charge >= 0.3 is 0 Å². The van der Waals surface area contributed by atoms with Crippen LogP contribution in [0.3, 0.4) is 0 Å². The summed E-state index contributed by atoms with van der Waals surface area (Å²) in [6.07, 6.45) is 0.785. The number of amides is 1. The quantitative estimate of drug-likeness (QED) is 0.898. The Morgan fingerprint density at radius 2 is 2.00 bits per heavy atom. The van der Waals surface area contributed by atoms with E-state index in [1.54, 1.807) is 18.2 Å². The number of hydrogen-bond acceptors (Lipinski definition) is 3. The monoisotopic (exact) mass is 349 g/mol. The van der Waals surface area contributed by atoms with Crippen LogP contribution >= 0.6 is 11.6 Å². The van der Waals surface area contributed by atoms with Crippen LogP contribution < -0.4 is 14.8 Å². The molecule has 126 valence electrons. The van der Waals surface area contributed by atoms with Crippen LogP contribution in [0.1, 0.15) is 17.5 Å². The van der Waals surface area contributed by atoms with Gasteiger partial charge in [0.05, 0.1) is 5.02 Å². The van der Waals surface area contributed by atoms with Gasteiger partial charge in [-0.3, -0.25) is 4.79 Å². The summed E-state index contributed by atoms with van der Waals surface area (Å²) in [5.74, 6) is 0.742. The van der Waals surface area contributed by atoms with Crippen LogP contribution in [0.2, 0.25) is 5.02 Å². The molecule has 0 bridgehead atoms.